The molecule has 0 aromatic carbocycles. The lowest BCUT2D eigenvalue weighted by atomic mass is 9.77. The molecule has 0 spiro atoms. The summed E-state index contributed by atoms with van der Waals surface area (Å²) in [5.74, 6) is 0.266. The van der Waals surface area contributed by atoms with Crippen molar-refractivity contribution in [3.05, 3.63) is 0 Å². The van der Waals surface area contributed by atoms with Crippen molar-refractivity contribution in [1.82, 2.24) is 10.6 Å². The lowest BCUT2D eigenvalue weighted by Gasteiger charge is -2.34. The average Bonchev–Trinajstić information content (AvgIpc) is 2.39. The standard InChI is InChI=1S/C13H23N3O/c1-3-4-9-16-12(17)11-5-7-13(10-14,15-2)8-6-11/h11,15H,3-9H2,1-2H3,(H,16,17). The number of carbonyl (C=O) groups excluding carboxylic acids is 1. The van der Waals surface area contributed by atoms with Crippen molar-refractivity contribution in [2.75, 3.05) is 13.6 Å². The summed E-state index contributed by atoms with van der Waals surface area (Å²) in [5.41, 5.74) is -0.403. The van der Waals surface area contributed by atoms with Gasteiger partial charge in [0.1, 0.15) is 5.54 Å². The fourth-order valence-corrected chi connectivity index (χ4v) is 2.32. The second kappa shape index (κ2) is 6.61. The van der Waals surface area contributed by atoms with Gasteiger partial charge in [-0.2, -0.15) is 5.26 Å². The number of carbonyl (C=O) groups is 1. The highest BCUT2D eigenvalue weighted by Crippen LogP contribution is 2.31. The van der Waals surface area contributed by atoms with Crippen LogP contribution in [0.3, 0.4) is 0 Å². The maximum atomic E-state index is 11.8. The molecule has 0 atom stereocenters. The summed E-state index contributed by atoms with van der Waals surface area (Å²) < 4.78 is 0. The van der Waals surface area contributed by atoms with Crippen molar-refractivity contribution < 1.29 is 4.79 Å². The molecule has 0 aromatic heterocycles. The third-order valence-electron chi connectivity index (χ3n) is 3.73. The van der Waals surface area contributed by atoms with E-state index < -0.39 is 5.54 Å². The number of unbranched alkanes of at least 4 members (excludes halogenated alkanes) is 1. The largest absolute Gasteiger partial charge is 0.356 e. The van der Waals surface area contributed by atoms with E-state index in [1.807, 2.05) is 7.05 Å². The van der Waals surface area contributed by atoms with Gasteiger partial charge in [-0.05, 0) is 39.2 Å². The Labute approximate surface area is 104 Å². The van der Waals surface area contributed by atoms with Gasteiger partial charge in [-0.1, -0.05) is 13.3 Å². The van der Waals surface area contributed by atoms with Gasteiger partial charge in [0.25, 0.3) is 0 Å². The Bertz CT molecular complexity index is 288. The number of rotatable bonds is 5. The van der Waals surface area contributed by atoms with E-state index in [0.717, 1.165) is 45.1 Å². The van der Waals surface area contributed by atoms with Crippen molar-refractivity contribution in [3.63, 3.8) is 0 Å². The Morgan fingerprint density at radius 2 is 2.12 bits per heavy atom. The molecule has 0 unspecified atom stereocenters. The molecule has 17 heavy (non-hydrogen) atoms. The van der Waals surface area contributed by atoms with Gasteiger partial charge < -0.3 is 10.6 Å². The molecule has 1 aliphatic carbocycles. The van der Waals surface area contributed by atoms with Crippen LogP contribution >= 0.6 is 0 Å². The predicted octanol–water partition coefficient (Wildman–Crippen LogP) is 1.57. The molecule has 4 heteroatoms. The summed E-state index contributed by atoms with van der Waals surface area (Å²) in [7, 11) is 1.82. The van der Waals surface area contributed by atoms with E-state index in [9.17, 15) is 4.79 Å². The van der Waals surface area contributed by atoms with Crippen molar-refractivity contribution in [2.24, 2.45) is 5.92 Å². The highest BCUT2D eigenvalue weighted by Gasteiger charge is 2.36. The molecule has 0 bridgehead atoms. The molecule has 0 heterocycles. The fraction of sp³-hybridized carbons (Fsp3) is 0.846. The van der Waals surface area contributed by atoms with Gasteiger partial charge in [0.05, 0.1) is 6.07 Å². The van der Waals surface area contributed by atoms with Crippen molar-refractivity contribution >= 4 is 5.91 Å². The average molecular weight is 237 g/mol. The molecule has 0 aliphatic heterocycles. The third kappa shape index (κ3) is 3.71. The van der Waals surface area contributed by atoms with Crippen molar-refractivity contribution in [1.29, 1.82) is 5.26 Å². The zero-order valence-corrected chi connectivity index (χ0v) is 10.9. The van der Waals surface area contributed by atoms with Crippen LogP contribution in [-0.2, 0) is 4.79 Å². The van der Waals surface area contributed by atoms with Crippen LogP contribution in [-0.4, -0.2) is 25.0 Å². The van der Waals surface area contributed by atoms with Gasteiger partial charge in [0.2, 0.25) is 5.91 Å². The molecular weight excluding hydrogens is 214 g/mol. The first-order valence-electron chi connectivity index (χ1n) is 6.55. The van der Waals surface area contributed by atoms with Crippen LogP contribution in [0.1, 0.15) is 45.4 Å². The quantitative estimate of drug-likeness (QED) is 0.713. The van der Waals surface area contributed by atoms with E-state index >= 15 is 0 Å². The summed E-state index contributed by atoms with van der Waals surface area (Å²) >= 11 is 0. The number of nitrogens with zero attached hydrogens (tertiary/aromatic N) is 1. The van der Waals surface area contributed by atoms with E-state index in [4.69, 9.17) is 5.26 Å². The number of hydrogen-bond donors (Lipinski definition) is 2. The van der Waals surface area contributed by atoms with Gasteiger partial charge in [-0.25, -0.2) is 0 Å². The second-order valence-electron chi connectivity index (χ2n) is 4.86. The van der Waals surface area contributed by atoms with Gasteiger partial charge >= 0.3 is 0 Å². The monoisotopic (exact) mass is 237 g/mol. The minimum atomic E-state index is -0.403. The Morgan fingerprint density at radius 1 is 1.47 bits per heavy atom. The lowest BCUT2D eigenvalue weighted by molar-refractivity contribution is -0.126. The number of nitrogens with one attached hydrogen (secondary N) is 2. The molecule has 2 N–H and O–H groups in total. The number of hydrogen-bond acceptors (Lipinski definition) is 3. The van der Waals surface area contributed by atoms with Crippen molar-refractivity contribution in [2.45, 2.75) is 51.0 Å². The molecular formula is C13H23N3O. The Kier molecular flexibility index (Phi) is 5.43. The van der Waals surface area contributed by atoms with Crippen LogP contribution in [0.2, 0.25) is 0 Å². The van der Waals surface area contributed by atoms with E-state index in [2.05, 4.69) is 23.6 Å². The molecule has 1 rings (SSSR count). The highest BCUT2D eigenvalue weighted by atomic mass is 16.1. The summed E-state index contributed by atoms with van der Waals surface area (Å²) in [6, 6.07) is 2.34. The minimum absolute atomic E-state index is 0.0988. The lowest BCUT2D eigenvalue weighted by Crippen LogP contribution is -2.46. The summed E-state index contributed by atoms with van der Waals surface area (Å²) in [5, 5.41) is 15.2. The topological polar surface area (TPSA) is 64.9 Å². The van der Waals surface area contributed by atoms with Crippen molar-refractivity contribution in [3.8, 4) is 6.07 Å². The summed E-state index contributed by atoms with van der Waals surface area (Å²) in [6.45, 7) is 2.89. The second-order valence-corrected chi connectivity index (χ2v) is 4.86. The predicted molar refractivity (Wildman–Crippen MR) is 67.3 cm³/mol. The first-order valence-corrected chi connectivity index (χ1v) is 6.55. The van der Waals surface area contributed by atoms with Gasteiger partial charge in [-0.15, -0.1) is 0 Å². The van der Waals surface area contributed by atoms with E-state index in [-0.39, 0.29) is 11.8 Å². The van der Waals surface area contributed by atoms with E-state index in [1.165, 1.54) is 0 Å². The number of amides is 1. The maximum absolute atomic E-state index is 11.8. The van der Waals surface area contributed by atoms with Crippen LogP contribution in [0.4, 0.5) is 0 Å². The van der Waals surface area contributed by atoms with Crippen LogP contribution in [0.25, 0.3) is 0 Å². The van der Waals surface area contributed by atoms with Crippen LogP contribution in [0, 0.1) is 17.2 Å². The first kappa shape index (κ1) is 14.0. The summed E-state index contributed by atoms with van der Waals surface area (Å²) in [6.07, 6.45) is 5.30. The highest BCUT2D eigenvalue weighted by molar-refractivity contribution is 5.78. The van der Waals surface area contributed by atoms with E-state index in [0.29, 0.717) is 0 Å². The normalized spacial score (nSPS) is 28.4. The smallest absolute Gasteiger partial charge is 0.223 e. The third-order valence-corrected chi connectivity index (χ3v) is 3.73. The molecule has 0 saturated heterocycles. The van der Waals surface area contributed by atoms with Gasteiger partial charge in [0.15, 0.2) is 0 Å². The first-order chi connectivity index (χ1) is 8.17. The van der Waals surface area contributed by atoms with Crippen LogP contribution in [0.5, 0.6) is 0 Å². The minimum Gasteiger partial charge on any atom is -0.356 e. The molecule has 4 nitrogen and oxygen atoms in total. The van der Waals surface area contributed by atoms with Gasteiger partial charge in [0, 0.05) is 12.5 Å². The zero-order chi connectivity index (χ0) is 12.7. The molecule has 1 aliphatic rings. The Balaban J connectivity index is 2.36. The zero-order valence-electron chi connectivity index (χ0n) is 10.9. The SMILES string of the molecule is CCCCNC(=O)C1CCC(C#N)(NC)CC1. The molecule has 1 fully saturated rings. The fourth-order valence-electron chi connectivity index (χ4n) is 2.32. The molecule has 1 saturated carbocycles. The van der Waals surface area contributed by atoms with E-state index in [1.54, 1.807) is 0 Å². The molecule has 0 radical (unpaired) electrons. The van der Waals surface area contributed by atoms with Crippen LogP contribution < -0.4 is 10.6 Å². The van der Waals surface area contributed by atoms with Crippen LogP contribution in [0.15, 0.2) is 0 Å². The molecule has 96 valence electrons. The van der Waals surface area contributed by atoms with Gasteiger partial charge in [-0.3, -0.25) is 4.79 Å². The summed E-state index contributed by atoms with van der Waals surface area (Å²) in [4.78, 5) is 11.8. The molecule has 0 aromatic rings. The Morgan fingerprint density at radius 3 is 2.59 bits per heavy atom. The number of nitriles is 1. The maximum Gasteiger partial charge on any atom is 0.223 e. The molecule has 1 amide bonds. The Hall–Kier alpha value is -1.08.